The number of hydrogen-bond donors (Lipinski definition) is 2. The van der Waals surface area contributed by atoms with Crippen LogP contribution in [-0.2, 0) is 6.42 Å². The van der Waals surface area contributed by atoms with Crippen molar-refractivity contribution in [2.75, 3.05) is 13.7 Å². The summed E-state index contributed by atoms with van der Waals surface area (Å²) in [4.78, 5) is 0. The number of ether oxygens (including phenoxy) is 1. The zero-order valence-corrected chi connectivity index (χ0v) is 13.1. The van der Waals surface area contributed by atoms with E-state index in [1.165, 1.54) is 24.8 Å². The van der Waals surface area contributed by atoms with Crippen LogP contribution in [0.2, 0.25) is 0 Å². The lowest BCUT2D eigenvalue weighted by atomic mass is 9.91. The Balaban J connectivity index is 1.86. The molecule has 0 heterocycles. The first-order chi connectivity index (χ1) is 9.20. The van der Waals surface area contributed by atoms with Crippen LogP contribution in [0.25, 0.3) is 0 Å². The van der Waals surface area contributed by atoms with Crippen LogP contribution >= 0.6 is 15.9 Å². The molecule has 1 aromatic rings. The first-order valence-electron chi connectivity index (χ1n) is 7.02. The van der Waals surface area contributed by atoms with Gasteiger partial charge < -0.3 is 15.8 Å². The van der Waals surface area contributed by atoms with E-state index in [1.54, 1.807) is 7.11 Å². The van der Waals surface area contributed by atoms with Crippen molar-refractivity contribution in [1.82, 2.24) is 5.32 Å². The predicted molar refractivity (Wildman–Crippen MR) is 82.6 cm³/mol. The summed E-state index contributed by atoms with van der Waals surface area (Å²) in [5.41, 5.74) is 7.37. The molecule has 3 N–H and O–H groups in total. The van der Waals surface area contributed by atoms with Gasteiger partial charge in [-0.15, -0.1) is 0 Å². The normalized spacial score (nSPS) is 23.3. The summed E-state index contributed by atoms with van der Waals surface area (Å²) in [5.74, 6) is 0.956. The summed E-state index contributed by atoms with van der Waals surface area (Å²) in [7, 11) is 1.72. The van der Waals surface area contributed by atoms with Crippen molar-refractivity contribution in [3.05, 3.63) is 28.2 Å². The highest BCUT2D eigenvalue weighted by molar-refractivity contribution is 9.10. The number of rotatable bonds is 5. The molecule has 0 bridgehead atoms. The number of nitrogens with one attached hydrogen (secondary N) is 1. The van der Waals surface area contributed by atoms with Gasteiger partial charge in [0.2, 0.25) is 0 Å². The third-order valence-corrected chi connectivity index (χ3v) is 4.36. The molecule has 4 heteroatoms. The van der Waals surface area contributed by atoms with E-state index in [0.29, 0.717) is 12.1 Å². The maximum atomic E-state index is 6.14. The van der Waals surface area contributed by atoms with Gasteiger partial charge in [0.25, 0.3) is 0 Å². The van der Waals surface area contributed by atoms with Crippen molar-refractivity contribution in [2.45, 2.75) is 44.2 Å². The minimum absolute atomic E-state index is 0.318. The molecule has 0 radical (unpaired) electrons. The average Bonchev–Trinajstić information content (AvgIpc) is 2.41. The molecular weight excluding hydrogens is 304 g/mol. The highest BCUT2D eigenvalue weighted by Crippen LogP contribution is 2.23. The Kier molecular flexibility index (Phi) is 5.67. The van der Waals surface area contributed by atoms with E-state index in [4.69, 9.17) is 10.5 Å². The van der Waals surface area contributed by atoms with Gasteiger partial charge in [0.15, 0.2) is 0 Å². The van der Waals surface area contributed by atoms with Gasteiger partial charge >= 0.3 is 0 Å². The fraction of sp³-hybridized carbons (Fsp3) is 0.600. The molecule has 1 fully saturated rings. The second-order valence-corrected chi connectivity index (χ2v) is 6.13. The Bertz CT molecular complexity index is 411. The maximum absolute atomic E-state index is 6.14. The van der Waals surface area contributed by atoms with E-state index >= 15 is 0 Å². The third kappa shape index (κ3) is 4.20. The molecule has 0 spiro atoms. The van der Waals surface area contributed by atoms with Crippen molar-refractivity contribution >= 4 is 15.9 Å². The van der Waals surface area contributed by atoms with Crippen LogP contribution < -0.4 is 15.8 Å². The fourth-order valence-electron chi connectivity index (χ4n) is 2.75. The molecule has 0 aliphatic heterocycles. The summed E-state index contributed by atoms with van der Waals surface area (Å²) in [5, 5.41) is 3.59. The van der Waals surface area contributed by atoms with Crippen LogP contribution in [-0.4, -0.2) is 25.7 Å². The average molecular weight is 327 g/mol. The molecule has 19 heavy (non-hydrogen) atoms. The second kappa shape index (κ2) is 7.27. The smallest absolute Gasteiger partial charge is 0.122 e. The molecule has 0 saturated heterocycles. The van der Waals surface area contributed by atoms with Gasteiger partial charge in [-0.1, -0.05) is 28.8 Å². The van der Waals surface area contributed by atoms with Crippen molar-refractivity contribution in [3.63, 3.8) is 0 Å². The van der Waals surface area contributed by atoms with Crippen molar-refractivity contribution < 1.29 is 4.74 Å². The summed E-state index contributed by atoms with van der Waals surface area (Å²) in [6.07, 6.45) is 5.89. The van der Waals surface area contributed by atoms with E-state index in [0.717, 1.165) is 29.6 Å². The van der Waals surface area contributed by atoms with Crippen LogP contribution in [0.15, 0.2) is 22.7 Å². The number of benzene rings is 1. The quantitative estimate of drug-likeness (QED) is 0.874. The summed E-state index contributed by atoms with van der Waals surface area (Å²) in [6, 6.07) is 6.94. The summed E-state index contributed by atoms with van der Waals surface area (Å²) < 4.78 is 6.49. The number of methoxy groups -OCH3 is 1. The summed E-state index contributed by atoms with van der Waals surface area (Å²) in [6.45, 7) is 0.950. The highest BCUT2D eigenvalue weighted by atomic mass is 79.9. The van der Waals surface area contributed by atoms with Crippen LogP contribution in [0, 0.1) is 0 Å². The Morgan fingerprint density at radius 1 is 1.37 bits per heavy atom. The van der Waals surface area contributed by atoms with Crippen molar-refractivity contribution in [3.8, 4) is 5.75 Å². The van der Waals surface area contributed by atoms with Gasteiger partial charge in [-0.2, -0.15) is 0 Å². The predicted octanol–water partition coefficient (Wildman–Crippen LogP) is 2.86. The van der Waals surface area contributed by atoms with Crippen LogP contribution in [0.4, 0.5) is 0 Å². The Morgan fingerprint density at radius 2 is 2.16 bits per heavy atom. The number of hydrogen-bond acceptors (Lipinski definition) is 3. The van der Waals surface area contributed by atoms with Gasteiger partial charge in [0.05, 0.1) is 7.11 Å². The molecule has 106 valence electrons. The molecule has 1 saturated carbocycles. The van der Waals surface area contributed by atoms with E-state index < -0.39 is 0 Å². The second-order valence-electron chi connectivity index (χ2n) is 5.22. The van der Waals surface area contributed by atoms with Gasteiger partial charge in [0.1, 0.15) is 5.75 Å². The molecule has 1 aromatic carbocycles. The minimum atomic E-state index is 0.318. The van der Waals surface area contributed by atoms with E-state index in [-0.39, 0.29) is 0 Å². The first-order valence-corrected chi connectivity index (χ1v) is 7.81. The largest absolute Gasteiger partial charge is 0.496 e. The van der Waals surface area contributed by atoms with Crippen molar-refractivity contribution in [2.24, 2.45) is 5.73 Å². The SMILES string of the molecule is COc1ccc(Br)cc1CCNC1CCCCC1N. The molecule has 0 amide bonds. The van der Waals surface area contributed by atoms with Crippen LogP contribution in [0.3, 0.4) is 0 Å². The number of halogens is 1. The zero-order chi connectivity index (χ0) is 13.7. The lowest BCUT2D eigenvalue weighted by Gasteiger charge is -2.29. The molecule has 2 unspecified atom stereocenters. The molecule has 3 nitrogen and oxygen atoms in total. The molecule has 1 aliphatic carbocycles. The van der Waals surface area contributed by atoms with Gasteiger partial charge in [-0.25, -0.2) is 0 Å². The summed E-state index contributed by atoms with van der Waals surface area (Å²) >= 11 is 3.51. The third-order valence-electron chi connectivity index (χ3n) is 3.86. The van der Waals surface area contributed by atoms with E-state index in [2.05, 4.69) is 27.3 Å². The van der Waals surface area contributed by atoms with Crippen LogP contribution in [0.1, 0.15) is 31.2 Å². The Morgan fingerprint density at radius 3 is 2.89 bits per heavy atom. The monoisotopic (exact) mass is 326 g/mol. The lowest BCUT2D eigenvalue weighted by Crippen LogP contribution is -2.47. The molecule has 0 aromatic heterocycles. The van der Waals surface area contributed by atoms with E-state index in [9.17, 15) is 0 Å². The first kappa shape index (κ1) is 14.8. The molecule has 2 atom stereocenters. The van der Waals surface area contributed by atoms with Gasteiger partial charge in [-0.3, -0.25) is 0 Å². The lowest BCUT2D eigenvalue weighted by molar-refractivity contribution is 0.329. The van der Waals surface area contributed by atoms with E-state index in [1.807, 2.05) is 12.1 Å². The topological polar surface area (TPSA) is 47.3 Å². The molecule has 1 aliphatic rings. The standard InChI is InChI=1S/C15H23BrN2O/c1-19-15-7-6-12(16)10-11(15)8-9-18-14-5-3-2-4-13(14)17/h6-7,10,13-14,18H,2-5,8-9,17H2,1H3. The number of nitrogens with two attached hydrogens (primary N) is 1. The molecular formula is C15H23BrN2O. The minimum Gasteiger partial charge on any atom is -0.496 e. The highest BCUT2D eigenvalue weighted by Gasteiger charge is 2.20. The molecule has 2 rings (SSSR count). The maximum Gasteiger partial charge on any atom is 0.122 e. The zero-order valence-electron chi connectivity index (χ0n) is 11.5. The van der Waals surface area contributed by atoms with Gasteiger partial charge in [0, 0.05) is 16.6 Å². The van der Waals surface area contributed by atoms with Crippen LogP contribution in [0.5, 0.6) is 5.75 Å². The van der Waals surface area contributed by atoms with Gasteiger partial charge in [-0.05, 0) is 49.6 Å². The Labute approximate surface area is 124 Å². The fourth-order valence-corrected chi connectivity index (χ4v) is 3.16. The Hall–Kier alpha value is -0.580. The van der Waals surface area contributed by atoms with Crippen molar-refractivity contribution in [1.29, 1.82) is 0 Å².